The quantitative estimate of drug-likeness (QED) is 0.805. The van der Waals surface area contributed by atoms with Crippen molar-refractivity contribution >= 4 is 11.9 Å². The summed E-state index contributed by atoms with van der Waals surface area (Å²) in [5, 5.41) is 3.30. The molecule has 1 fully saturated rings. The number of nitrogens with zero attached hydrogens (tertiary/aromatic N) is 1. The molecule has 1 aromatic rings. The number of hydrogen-bond acceptors (Lipinski definition) is 5. The summed E-state index contributed by atoms with van der Waals surface area (Å²) in [7, 11) is 1.35. The molecule has 6 nitrogen and oxygen atoms in total. The fourth-order valence-corrected chi connectivity index (χ4v) is 2.51. The van der Waals surface area contributed by atoms with E-state index in [9.17, 15) is 9.59 Å². The second kappa shape index (κ2) is 6.76. The molecular weight excluding hydrogens is 272 g/mol. The zero-order chi connectivity index (χ0) is 15.4. The molecule has 1 atom stereocenters. The lowest BCUT2D eigenvalue weighted by molar-refractivity contribution is -0.127. The molecule has 0 aromatic carbocycles. The molecule has 1 amide bonds. The number of carbonyl (C=O) groups excluding carboxylic acids is 2. The summed E-state index contributed by atoms with van der Waals surface area (Å²) in [5.74, 6) is 1.08. The number of likely N-dealkylation sites (tertiary alicyclic amines) is 1. The number of methoxy groups -OCH3 is 1. The van der Waals surface area contributed by atoms with Gasteiger partial charge in [-0.3, -0.25) is 4.79 Å². The Bertz CT molecular complexity index is 524. The van der Waals surface area contributed by atoms with Gasteiger partial charge < -0.3 is 19.4 Å². The van der Waals surface area contributed by atoms with Gasteiger partial charge >= 0.3 is 5.97 Å². The number of ether oxygens (including phenoxy) is 1. The predicted molar refractivity (Wildman–Crippen MR) is 76.9 cm³/mol. The lowest BCUT2D eigenvalue weighted by Crippen LogP contribution is -2.39. The zero-order valence-electron chi connectivity index (χ0n) is 12.8. The lowest BCUT2D eigenvalue weighted by atomic mass is 10.2. The van der Waals surface area contributed by atoms with Crippen molar-refractivity contribution in [1.82, 2.24) is 10.2 Å². The fraction of sp³-hybridized carbons (Fsp3) is 0.600. The molecule has 0 spiro atoms. The zero-order valence-corrected chi connectivity index (χ0v) is 12.8. The van der Waals surface area contributed by atoms with Crippen LogP contribution in [0.1, 0.15) is 41.6 Å². The number of hydrogen-bond donors (Lipinski definition) is 1. The molecule has 21 heavy (non-hydrogen) atoms. The van der Waals surface area contributed by atoms with Crippen LogP contribution in [0.5, 0.6) is 0 Å². The van der Waals surface area contributed by atoms with Gasteiger partial charge in [-0.15, -0.1) is 0 Å². The molecule has 1 saturated heterocycles. The van der Waals surface area contributed by atoms with Crippen molar-refractivity contribution in [1.29, 1.82) is 0 Å². The van der Waals surface area contributed by atoms with Gasteiger partial charge in [0.15, 0.2) is 0 Å². The lowest BCUT2D eigenvalue weighted by Gasteiger charge is -2.21. The Kier molecular flexibility index (Phi) is 5.01. The van der Waals surface area contributed by atoms with Crippen LogP contribution in [-0.4, -0.2) is 43.0 Å². The summed E-state index contributed by atoms with van der Waals surface area (Å²) >= 11 is 0. The largest absolute Gasteiger partial charge is 0.465 e. The number of amides is 1. The second-order valence-electron chi connectivity index (χ2n) is 5.40. The highest BCUT2D eigenvalue weighted by Crippen LogP contribution is 2.16. The van der Waals surface area contributed by atoms with Crippen molar-refractivity contribution in [3.8, 4) is 0 Å². The predicted octanol–water partition coefficient (Wildman–Crippen LogP) is 1.48. The van der Waals surface area contributed by atoms with E-state index in [1.165, 1.54) is 7.11 Å². The standard InChI is InChI=1S/C15H22N2O4/c1-10(9-17-6-4-5-14(17)18)16-8-12-7-13(11(2)21-12)15(19)20-3/h7,10,16H,4-6,8-9H2,1-3H3. The molecule has 0 bridgehead atoms. The Balaban J connectivity index is 1.85. The second-order valence-corrected chi connectivity index (χ2v) is 5.40. The molecule has 1 aliphatic heterocycles. The molecule has 1 unspecified atom stereocenters. The van der Waals surface area contributed by atoms with Crippen molar-refractivity contribution < 1.29 is 18.7 Å². The highest BCUT2D eigenvalue weighted by atomic mass is 16.5. The number of rotatable bonds is 6. The van der Waals surface area contributed by atoms with Gasteiger partial charge in [-0.25, -0.2) is 4.79 Å². The minimum Gasteiger partial charge on any atom is -0.465 e. The van der Waals surface area contributed by atoms with Crippen LogP contribution < -0.4 is 5.32 Å². The Morgan fingerprint density at radius 3 is 2.95 bits per heavy atom. The van der Waals surface area contributed by atoms with E-state index in [2.05, 4.69) is 5.32 Å². The van der Waals surface area contributed by atoms with E-state index in [1.807, 2.05) is 11.8 Å². The van der Waals surface area contributed by atoms with E-state index in [0.29, 0.717) is 36.6 Å². The molecule has 1 N–H and O–H groups in total. The van der Waals surface area contributed by atoms with E-state index in [1.54, 1.807) is 13.0 Å². The third kappa shape index (κ3) is 3.85. The molecule has 0 saturated carbocycles. The molecule has 2 heterocycles. The highest BCUT2D eigenvalue weighted by Gasteiger charge is 2.22. The van der Waals surface area contributed by atoms with Gasteiger partial charge in [0.05, 0.1) is 13.7 Å². The van der Waals surface area contributed by atoms with Crippen molar-refractivity contribution in [2.75, 3.05) is 20.2 Å². The number of aryl methyl sites for hydroxylation is 1. The molecule has 6 heteroatoms. The Morgan fingerprint density at radius 2 is 2.33 bits per heavy atom. The number of nitrogens with one attached hydrogen (secondary N) is 1. The summed E-state index contributed by atoms with van der Waals surface area (Å²) < 4.78 is 10.2. The van der Waals surface area contributed by atoms with Crippen LogP contribution in [0, 0.1) is 6.92 Å². The van der Waals surface area contributed by atoms with Crippen LogP contribution in [-0.2, 0) is 16.1 Å². The first-order chi connectivity index (χ1) is 10.0. The number of carbonyl (C=O) groups is 2. The van der Waals surface area contributed by atoms with Crippen LogP contribution >= 0.6 is 0 Å². The molecular formula is C15H22N2O4. The normalized spacial score (nSPS) is 16.3. The van der Waals surface area contributed by atoms with Gasteiger partial charge in [-0.2, -0.15) is 0 Å². The van der Waals surface area contributed by atoms with Crippen LogP contribution in [0.15, 0.2) is 10.5 Å². The van der Waals surface area contributed by atoms with E-state index in [4.69, 9.17) is 9.15 Å². The third-order valence-corrected chi connectivity index (χ3v) is 3.66. The smallest absolute Gasteiger partial charge is 0.341 e. The highest BCUT2D eigenvalue weighted by molar-refractivity contribution is 5.90. The Labute approximate surface area is 124 Å². The summed E-state index contributed by atoms with van der Waals surface area (Å²) in [6, 6.07) is 1.86. The van der Waals surface area contributed by atoms with E-state index in [0.717, 1.165) is 13.0 Å². The average molecular weight is 294 g/mol. The average Bonchev–Trinajstić information content (AvgIpc) is 3.02. The SMILES string of the molecule is COC(=O)c1cc(CNC(C)CN2CCCC2=O)oc1C. The van der Waals surface area contributed by atoms with Gasteiger partial charge in [0.2, 0.25) is 5.91 Å². The van der Waals surface area contributed by atoms with Gasteiger partial charge in [0.1, 0.15) is 17.1 Å². The Hall–Kier alpha value is -1.82. The molecule has 1 aliphatic rings. The topological polar surface area (TPSA) is 71.8 Å². The van der Waals surface area contributed by atoms with Gasteiger partial charge in [-0.1, -0.05) is 0 Å². The number of furan rings is 1. The van der Waals surface area contributed by atoms with Crippen LogP contribution in [0.4, 0.5) is 0 Å². The number of esters is 1. The first-order valence-electron chi connectivity index (χ1n) is 7.20. The van der Waals surface area contributed by atoms with Gasteiger partial charge in [0.25, 0.3) is 0 Å². The summed E-state index contributed by atoms with van der Waals surface area (Å²) in [5.41, 5.74) is 0.455. The maximum absolute atomic E-state index is 11.6. The monoisotopic (exact) mass is 294 g/mol. The van der Waals surface area contributed by atoms with Crippen molar-refractivity contribution in [2.45, 2.75) is 39.3 Å². The van der Waals surface area contributed by atoms with Gasteiger partial charge in [0, 0.05) is 25.6 Å². The van der Waals surface area contributed by atoms with Crippen LogP contribution in [0.3, 0.4) is 0 Å². The minimum absolute atomic E-state index is 0.166. The van der Waals surface area contributed by atoms with Crippen molar-refractivity contribution in [3.05, 3.63) is 23.2 Å². The van der Waals surface area contributed by atoms with Crippen LogP contribution in [0.2, 0.25) is 0 Å². The minimum atomic E-state index is -0.391. The van der Waals surface area contributed by atoms with E-state index >= 15 is 0 Å². The maximum atomic E-state index is 11.6. The molecule has 1 aromatic heterocycles. The first-order valence-corrected chi connectivity index (χ1v) is 7.20. The Morgan fingerprint density at radius 1 is 1.57 bits per heavy atom. The van der Waals surface area contributed by atoms with E-state index in [-0.39, 0.29) is 11.9 Å². The van der Waals surface area contributed by atoms with Crippen molar-refractivity contribution in [3.63, 3.8) is 0 Å². The van der Waals surface area contributed by atoms with Crippen LogP contribution in [0.25, 0.3) is 0 Å². The fourth-order valence-electron chi connectivity index (χ4n) is 2.51. The summed E-state index contributed by atoms with van der Waals surface area (Å²) in [4.78, 5) is 25.0. The van der Waals surface area contributed by atoms with E-state index < -0.39 is 5.97 Å². The summed E-state index contributed by atoms with van der Waals surface area (Å²) in [6.45, 7) is 5.82. The summed E-state index contributed by atoms with van der Waals surface area (Å²) in [6.07, 6.45) is 1.61. The first kappa shape index (κ1) is 15.6. The molecule has 0 aliphatic carbocycles. The molecule has 0 radical (unpaired) electrons. The maximum Gasteiger partial charge on any atom is 0.341 e. The third-order valence-electron chi connectivity index (χ3n) is 3.66. The molecule has 2 rings (SSSR count). The molecule has 116 valence electrons. The van der Waals surface area contributed by atoms with Crippen molar-refractivity contribution in [2.24, 2.45) is 0 Å². The van der Waals surface area contributed by atoms with Gasteiger partial charge in [-0.05, 0) is 26.3 Å².